The third-order valence-corrected chi connectivity index (χ3v) is 4.80. The van der Waals surface area contributed by atoms with Crippen molar-refractivity contribution in [2.24, 2.45) is 5.92 Å². The van der Waals surface area contributed by atoms with Crippen LogP contribution in [0.1, 0.15) is 49.7 Å². The average Bonchev–Trinajstić information content (AvgIpc) is 2.56. The molecule has 2 aromatic rings. The Kier molecular flexibility index (Phi) is 4.85. The van der Waals surface area contributed by atoms with Gasteiger partial charge in [-0.05, 0) is 60.6 Å². The van der Waals surface area contributed by atoms with Gasteiger partial charge in [0.2, 0.25) is 0 Å². The molecule has 0 aromatic heterocycles. The highest BCUT2D eigenvalue weighted by atomic mass is 19.1. The van der Waals surface area contributed by atoms with E-state index in [1.54, 1.807) is 30.3 Å². The van der Waals surface area contributed by atoms with Gasteiger partial charge in [-0.2, -0.15) is 0 Å². The molecule has 0 saturated heterocycles. The molecule has 1 N–H and O–H groups in total. The fourth-order valence-electron chi connectivity index (χ4n) is 3.23. The molecule has 0 heterocycles. The molecular weight excluding hydrogens is 291 g/mol. The van der Waals surface area contributed by atoms with Crippen LogP contribution in [0.3, 0.4) is 0 Å². The zero-order valence-electron chi connectivity index (χ0n) is 13.5. The predicted molar refractivity (Wildman–Crippen MR) is 89.2 cm³/mol. The lowest BCUT2D eigenvalue weighted by molar-refractivity contribution is 0.299. The van der Waals surface area contributed by atoms with E-state index in [0.29, 0.717) is 17.2 Å². The van der Waals surface area contributed by atoms with Gasteiger partial charge in [-0.15, -0.1) is 0 Å². The molecule has 0 amide bonds. The largest absolute Gasteiger partial charge is 0.508 e. The maximum atomic E-state index is 14.3. The summed E-state index contributed by atoms with van der Waals surface area (Å²) in [7, 11) is 0. The number of hydrogen-bond donors (Lipinski definition) is 1. The summed E-state index contributed by atoms with van der Waals surface area (Å²) in [5.41, 5.74) is 1.67. The first-order valence-corrected chi connectivity index (χ1v) is 8.32. The maximum absolute atomic E-state index is 14.3. The third kappa shape index (κ3) is 4.04. The minimum atomic E-state index is -0.195. The van der Waals surface area contributed by atoms with E-state index in [2.05, 4.69) is 6.92 Å². The van der Waals surface area contributed by atoms with E-state index in [9.17, 15) is 9.50 Å². The summed E-state index contributed by atoms with van der Waals surface area (Å²) in [4.78, 5) is 0. The number of halogens is 1. The van der Waals surface area contributed by atoms with Crippen molar-refractivity contribution in [1.82, 2.24) is 0 Å². The molecule has 3 heteroatoms. The third-order valence-electron chi connectivity index (χ3n) is 4.80. The van der Waals surface area contributed by atoms with Crippen LogP contribution in [0, 0.1) is 11.7 Å². The van der Waals surface area contributed by atoms with E-state index in [-0.39, 0.29) is 18.2 Å². The fourth-order valence-corrected chi connectivity index (χ4v) is 3.23. The van der Waals surface area contributed by atoms with Crippen molar-refractivity contribution in [1.29, 1.82) is 0 Å². The second-order valence-corrected chi connectivity index (χ2v) is 6.59. The molecule has 2 nitrogen and oxygen atoms in total. The first-order chi connectivity index (χ1) is 11.1. The normalized spacial score (nSPS) is 21.1. The SMILES string of the molecule is CC1CCC(c2ccc(COc3ccc(O)cc3)c(F)c2)CC1. The van der Waals surface area contributed by atoms with Gasteiger partial charge >= 0.3 is 0 Å². The molecule has 0 atom stereocenters. The number of hydrogen-bond acceptors (Lipinski definition) is 2. The number of phenolic OH excluding ortho intramolecular Hbond substituents is 1. The van der Waals surface area contributed by atoms with Crippen molar-refractivity contribution >= 4 is 0 Å². The molecule has 1 aliphatic carbocycles. The van der Waals surface area contributed by atoms with Gasteiger partial charge in [-0.1, -0.05) is 31.9 Å². The second-order valence-electron chi connectivity index (χ2n) is 6.59. The lowest BCUT2D eigenvalue weighted by atomic mass is 9.79. The van der Waals surface area contributed by atoms with Gasteiger partial charge in [0, 0.05) is 5.56 Å². The molecule has 0 spiro atoms. The predicted octanol–water partition coefficient (Wildman–Crippen LogP) is 5.40. The Morgan fingerprint density at radius 2 is 1.74 bits per heavy atom. The van der Waals surface area contributed by atoms with E-state index >= 15 is 0 Å². The van der Waals surface area contributed by atoms with Crippen molar-refractivity contribution in [2.45, 2.75) is 45.1 Å². The highest BCUT2D eigenvalue weighted by molar-refractivity contribution is 5.31. The van der Waals surface area contributed by atoms with Gasteiger partial charge in [0.05, 0.1) is 0 Å². The summed E-state index contributed by atoms with van der Waals surface area (Å²) < 4.78 is 19.9. The van der Waals surface area contributed by atoms with Crippen LogP contribution in [-0.2, 0) is 6.61 Å². The highest BCUT2D eigenvalue weighted by Crippen LogP contribution is 2.36. The number of phenols is 1. The first-order valence-electron chi connectivity index (χ1n) is 8.32. The molecule has 2 aromatic carbocycles. The van der Waals surface area contributed by atoms with E-state index < -0.39 is 0 Å². The van der Waals surface area contributed by atoms with Gasteiger partial charge in [0.25, 0.3) is 0 Å². The second kappa shape index (κ2) is 7.03. The van der Waals surface area contributed by atoms with Gasteiger partial charge in [0.15, 0.2) is 0 Å². The molecular formula is C20H23FO2. The van der Waals surface area contributed by atoms with Gasteiger partial charge in [-0.3, -0.25) is 0 Å². The Bertz CT molecular complexity index is 643. The van der Waals surface area contributed by atoms with Crippen molar-refractivity contribution in [3.05, 3.63) is 59.4 Å². The van der Waals surface area contributed by atoms with Crippen LogP contribution < -0.4 is 4.74 Å². The lowest BCUT2D eigenvalue weighted by Gasteiger charge is -2.26. The van der Waals surface area contributed by atoms with Crippen LogP contribution in [0.2, 0.25) is 0 Å². The number of aromatic hydroxyl groups is 1. The Balaban J connectivity index is 1.63. The quantitative estimate of drug-likeness (QED) is 0.818. The van der Waals surface area contributed by atoms with Crippen LogP contribution in [0.4, 0.5) is 4.39 Å². The zero-order valence-corrected chi connectivity index (χ0v) is 13.5. The van der Waals surface area contributed by atoms with Crippen LogP contribution in [0.5, 0.6) is 11.5 Å². The van der Waals surface area contributed by atoms with Gasteiger partial charge in [0.1, 0.15) is 23.9 Å². The number of rotatable bonds is 4. The molecule has 1 aliphatic rings. The molecule has 0 unspecified atom stereocenters. The summed E-state index contributed by atoms with van der Waals surface area (Å²) >= 11 is 0. The Morgan fingerprint density at radius 3 is 2.39 bits per heavy atom. The van der Waals surface area contributed by atoms with E-state index in [1.165, 1.54) is 12.8 Å². The number of ether oxygens (including phenoxy) is 1. The van der Waals surface area contributed by atoms with E-state index in [4.69, 9.17) is 4.74 Å². The molecule has 0 aliphatic heterocycles. The van der Waals surface area contributed by atoms with Crippen molar-refractivity contribution in [2.75, 3.05) is 0 Å². The molecule has 1 saturated carbocycles. The Labute approximate surface area is 136 Å². The van der Waals surface area contributed by atoms with Crippen LogP contribution in [0.15, 0.2) is 42.5 Å². The molecule has 23 heavy (non-hydrogen) atoms. The summed E-state index contributed by atoms with van der Waals surface area (Å²) in [6.45, 7) is 2.49. The average molecular weight is 314 g/mol. The van der Waals surface area contributed by atoms with Crippen molar-refractivity contribution in [3.8, 4) is 11.5 Å². The summed E-state index contributed by atoms with van der Waals surface area (Å²) in [6.07, 6.45) is 4.78. The van der Waals surface area contributed by atoms with Crippen LogP contribution in [0.25, 0.3) is 0 Å². The van der Waals surface area contributed by atoms with Crippen molar-refractivity contribution < 1.29 is 14.2 Å². The van der Waals surface area contributed by atoms with Crippen LogP contribution >= 0.6 is 0 Å². The minimum Gasteiger partial charge on any atom is -0.508 e. The summed E-state index contributed by atoms with van der Waals surface area (Å²) in [5, 5.41) is 9.24. The topological polar surface area (TPSA) is 29.5 Å². The molecule has 0 bridgehead atoms. The first kappa shape index (κ1) is 15.9. The highest BCUT2D eigenvalue weighted by Gasteiger charge is 2.20. The lowest BCUT2D eigenvalue weighted by Crippen LogP contribution is -2.11. The van der Waals surface area contributed by atoms with E-state index in [0.717, 1.165) is 24.3 Å². The van der Waals surface area contributed by atoms with Crippen molar-refractivity contribution in [3.63, 3.8) is 0 Å². The standard InChI is InChI=1S/C20H23FO2/c1-14-2-4-15(5-3-14)16-6-7-17(20(21)12-16)13-23-19-10-8-18(22)9-11-19/h6-12,14-15,22H,2-5,13H2,1H3. The Hall–Kier alpha value is -2.03. The fraction of sp³-hybridized carbons (Fsp3) is 0.400. The smallest absolute Gasteiger partial charge is 0.130 e. The monoisotopic (exact) mass is 314 g/mol. The molecule has 122 valence electrons. The van der Waals surface area contributed by atoms with Gasteiger partial charge < -0.3 is 9.84 Å². The minimum absolute atomic E-state index is 0.190. The maximum Gasteiger partial charge on any atom is 0.130 e. The Morgan fingerprint density at radius 1 is 1.04 bits per heavy atom. The number of benzene rings is 2. The zero-order chi connectivity index (χ0) is 16.2. The van der Waals surface area contributed by atoms with Gasteiger partial charge in [-0.25, -0.2) is 4.39 Å². The molecule has 0 radical (unpaired) electrons. The van der Waals surface area contributed by atoms with Crippen LogP contribution in [-0.4, -0.2) is 5.11 Å². The molecule has 3 rings (SSSR count). The summed E-state index contributed by atoms with van der Waals surface area (Å²) in [6, 6.07) is 12.0. The van der Waals surface area contributed by atoms with E-state index in [1.807, 2.05) is 12.1 Å². The summed E-state index contributed by atoms with van der Waals surface area (Å²) in [5.74, 6) is 1.91. The molecule has 1 fully saturated rings.